The van der Waals surface area contributed by atoms with Gasteiger partial charge in [-0.2, -0.15) is 0 Å². The number of hydrogen-bond acceptors (Lipinski definition) is 4. The summed E-state index contributed by atoms with van der Waals surface area (Å²) in [5, 5.41) is 9.34. The lowest BCUT2D eigenvalue weighted by Gasteiger charge is -2.12. The first-order chi connectivity index (χ1) is 8.09. The molecule has 3 atom stereocenters. The summed E-state index contributed by atoms with van der Waals surface area (Å²) in [4.78, 5) is 15.7. The zero-order valence-electron chi connectivity index (χ0n) is 9.93. The van der Waals surface area contributed by atoms with Gasteiger partial charge in [-0.1, -0.05) is 6.92 Å². The summed E-state index contributed by atoms with van der Waals surface area (Å²) in [6.07, 6.45) is 2.54. The van der Waals surface area contributed by atoms with Crippen LogP contribution in [-0.2, 0) is 21.4 Å². The zero-order chi connectivity index (χ0) is 12.2. The van der Waals surface area contributed by atoms with E-state index in [1.165, 1.54) is 0 Å². The largest absolute Gasteiger partial charge is 0.493 e. The second-order valence-electron chi connectivity index (χ2n) is 5.02. The number of aromatic hydroxyl groups is 1. The average Bonchev–Trinajstić information content (AvgIpc) is 2.74. The minimum Gasteiger partial charge on any atom is -0.493 e. The SMILES string of the molecule is CCOC(=O)[C@H]1[C@@H]2Cc3cc(O)ncc3[C@@]21C. The van der Waals surface area contributed by atoms with Gasteiger partial charge < -0.3 is 9.84 Å². The van der Waals surface area contributed by atoms with E-state index in [4.69, 9.17) is 4.74 Å². The highest BCUT2D eigenvalue weighted by Crippen LogP contribution is 2.66. The number of rotatable bonds is 2. The standard InChI is InChI=1S/C13H15NO3/c1-3-17-12(16)11-8-4-7-5-10(15)14-6-9(7)13(8,11)2/h5-6,8,11H,3-4H2,1-2H3,(H,14,15)/t8-,11+,13+/m0/s1. The Balaban J connectivity index is 1.92. The molecule has 0 aliphatic heterocycles. The third-order valence-electron chi connectivity index (χ3n) is 4.25. The molecule has 0 saturated heterocycles. The molecule has 1 saturated carbocycles. The van der Waals surface area contributed by atoms with E-state index in [0.29, 0.717) is 12.5 Å². The highest BCUT2D eigenvalue weighted by atomic mass is 16.5. The first-order valence-electron chi connectivity index (χ1n) is 5.94. The van der Waals surface area contributed by atoms with E-state index < -0.39 is 0 Å². The summed E-state index contributed by atoms with van der Waals surface area (Å²) in [5.41, 5.74) is 2.09. The minimum absolute atomic E-state index is 0.0266. The van der Waals surface area contributed by atoms with E-state index in [9.17, 15) is 9.90 Å². The molecule has 1 heterocycles. The molecule has 17 heavy (non-hydrogen) atoms. The molecule has 2 aliphatic rings. The van der Waals surface area contributed by atoms with Crippen molar-refractivity contribution in [2.24, 2.45) is 11.8 Å². The van der Waals surface area contributed by atoms with Crippen LogP contribution in [0.25, 0.3) is 0 Å². The smallest absolute Gasteiger partial charge is 0.310 e. The second-order valence-corrected chi connectivity index (χ2v) is 5.02. The Morgan fingerprint density at radius 3 is 3.18 bits per heavy atom. The third kappa shape index (κ3) is 1.24. The van der Waals surface area contributed by atoms with E-state index in [1.54, 1.807) is 12.3 Å². The molecule has 1 aromatic heterocycles. The van der Waals surface area contributed by atoms with Crippen LogP contribution < -0.4 is 0 Å². The molecule has 3 rings (SSSR count). The average molecular weight is 233 g/mol. The fraction of sp³-hybridized carbons (Fsp3) is 0.538. The van der Waals surface area contributed by atoms with Crippen molar-refractivity contribution in [1.29, 1.82) is 0 Å². The molecule has 0 bridgehead atoms. The first kappa shape index (κ1) is 10.6. The molecule has 0 radical (unpaired) electrons. The molecule has 4 heteroatoms. The van der Waals surface area contributed by atoms with E-state index in [0.717, 1.165) is 17.5 Å². The van der Waals surface area contributed by atoms with Crippen LogP contribution in [0.4, 0.5) is 0 Å². The van der Waals surface area contributed by atoms with Gasteiger partial charge in [-0.05, 0) is 30.4 Å². The van der Waals surface area contributed by atoms with Gasteiger partial charge in [0, 0.05) is 17.7 Å². The summed E-state index contributed by atoms with van der Waals surface area (Å²) in [6, 6.07) is 1.70. The van der Waals surface area contributed by atoms with Crippen LogP contribution in [0.15, 0.2) is 12.3 Å². The second kappa shape index (κ2) is 3.22. The summed E-state index contributed by atoms with van der Waals surface area (Å²) in [6.45, 7) is 4.34. The molecule has 0 spiro atoms. The molecule has 1 N–H and O–H groups in total. The highest BCUT2D eigenvalue weighted by molar-refractivity contribution is 5.81. The number of aromatic nitrogens is 1. The molecular weight excluding hydrogens is 218 g/mol. The van der Waals surface area contributed by atoms with Crippen molar-refractivity contribution in [1.82, 2.24) is 4.98 Å². The monoisotopic (exact) mass is 233 g/mol. The van der Waals surface area contributed by atoms with E-state index in [1.807, 2.05) is 6.92 Å². The van der Waals surface area contributed by atoms with Crippen molar-refractivity contribution >= 4 is 5.97 Å². The van der Waals surface area contributed by atoms with Gasteiger partial charge in [-0.3, -0.25) is 4.79 Å². The van der Waals surface area contributed by atoms with Crippen LogP contribution in [0.1, 0.15) is 25.0 Å². The fourth-order valence-electron chi connectivity index (χ4n) is 3.32. The Morgan fingerprint density at radius 1 is 1.71 bits per heavy atom. The summed E-state index contributed by atoms with van der Waals surface area (Å²) < 4.78 is 5.10. The van der Waals surface area contributed by atoms with Gasteiger partial charge >= 0.3 is 5.97 Å². The van der Waals surface area contributed by atoms with Crippen molar-refractivity contribution in [2.75, 3.05) is 6.61 Å². The predicted molar refractivity (Wildman–Crippen MR) is 60.6 cm³/mol. The third-order valence-corrected chi connectivity index (χ3v) is 4.25. The Hall–Kier alpha value is -1.58. The number of carbonyl (C=O) groups excluding carboxylic acids is 1. The van der Waals surface area contributed by atoms with Gasteiger partial charge in [0.15, 0.2) is 0 Å². The topological polar surface area (TPSA) is 59.4 Å². The van der Waals surface area contributed by atoms with E-state index >= 15 is 0 Å². The van der Waals surface area contributed by atoms with Crippen LogP contribution in [0, 0.1) is 11.8 Å². The van der Waals surface area contributed by atoms with Gasteiger partial charge in [0.1, 0.15) is 0 Å². The van der Waals surface area contributed by atoms with Gasteiger partial charge in [0.25, 0.3) is 0 Å². The van der Waals surface area contributed by atoms with Crippen LogP contribution >= 0.6 is 0 Å². The lowest BCUT2D eigenvalue weighted by Crippen LogP contribution is -2.16. The maximum atomic E-state index is 11.8. The van der Waals surface area contributed by atoms with Crippen molar-refractivity contribution in [3.05, 3.63) is 23.4 Å². The molecule has 0 amide bonds. The molecule has 90 valence electrons. The molecular formula is C13H15NO3. The van der Waals surface area contributed by atoms with Gasteiger partial charge in [-0.15, -0.1) is 0 Å². The Bertz CT molecular complexity index is 499. The van der Waals surface area contributed by atoms with E-state index in [2.05, 4.69) is 11.9 Å². The van der Waals surface area contributed by atoms with Crippen LogP contribution in [0.2, 0.25) is 0 Å². The zero-order valence-corrected chi connectivity index (χ0v) is 9.93. The number of carbonyl (C=O) groups is 1. The lowest BCUT2D eigenvalue weighted by molar-refractivity contribution is -0.145. The van der Waals surface area contributed by atoms with Crippen LogP contribution in [0.5, 0.6) is 5.88 Å². The Kier molecular flexibility index (Phi) is 2.00. The minimum atomic E-state index is -0.123. The Morgan fingerprint density at radius 2 is 2.47 bits per heavy atom. The quantitative estimate of drug-likeness (QED) is 0.785. The van der Waals surface area contributed by atoms with Crippen LogP contribution in [-0.4, -0.2) is 22.7 Å². The number of ether oxygens (including phenoxy) is 1. The lowest BCUT2D eigenvalue weighted by atomic mass is 9.96. The number of pyridine rings is 1. The van der Waals surface area contributed by atoms with Gasteiger partial charge in [0.05, 0.1) is 12.5 Å². The number of esters is 1. The number of hydrogen-bond donors (Lipinski definition) is 1. The van der Waals surface area contributed by atoms with Crippen molar-refractivity contribution in [3.63, 3.8) is 0 Å². The summed E-state index contributed by atoms with van der Waals surface area (Å²) in [7, 11) is 0. The Labute approximate surface area is 99.6 Å². The molecule has 1 aromatic rings. The van der Waals surface area contributed by atoms with Crippen molar-refractivity contribution < 1.29 is 14.6 Å². The fourth-order valence-corrected chi connectivity index (χ4v) is 3.32. The number of nitrogens with zero attached hydrogens (tertiary/aromatic N) is 1. The van der Waals surface area contributed by atoms with Gasteiger partial charge in [-0.25, -0.2) is 4.98 Å². The molecule has 1 fully saturated rings. The van der Waals surface area contributed by atoms with Crippen molar-refractivity contribution in [2.45, 2.75) is 25.7 Å². The van der Waals surface area contributed by atoms with Crippen LogP contribution in [0.3, 0.4) is 0 Å². The molecule has 0 aromatic carbocycles. The normalized spacial score (nSPS) is 32.8. The number of fused-ring (bicyclic) bond motifs is 3. The molecule has 4 nitrogen and oxygen atoms in total. The van der Waals surface area contributed by atoms with E-state index in [-0.39, 0.29) is 23.2 Å². The summed E-state index contributed by atoms with van der Waals surface area (Å²) >= 11 is 0. The molecule has 2 aliphatic carbocycles. The van der Waals surface area contributed by atoms with Crippen molar-refractivity contribution in [3.8, 4) is 5.88 Å². The highest BCUT2D eigenvalue weighted by Gasteiger charge is 2.70. The first-order valence-corrected chi connectivity index (χ1v) is 5.94. The maximum Gasteiger partial charge on any atom is 0.310 e. The maximum absolute atomic E-state index is 11.8. The predicted octanol–water partition coefficient (Wildman–Crippen LogP) is 1.41. The molecule has 0 unspecified atom stereocenters. The summed E-state index contributed by atoms with van der Waals surface area (Å²) in [5.74, 6) is 0.251. The van der Waals surface area contributed by atoms with Gasteiger partial charge in [0.2, 0.25) is 5.88 Å².